The van der Waals surface area contributed by atoms with Gasteiger partial charge in [-0.15, -0.1) is 0 Å². The second-order valence-corrected chi connectivity index (χ2v) is 4.50. The highest BCUT2D eigenvalue weighted by Crippen LogP contribution is 2.32. The number of halogens is 4. The Kier molecular flexibility index (Phi) is 4.03. The average molecular weight is 314 g/mol. The number of hydrogen-bond donors (Lipinski definition) is 2. The first-order chi connectivity index (χ1) is 10.2. The molecule has 0 atom stereocenters. The highest BCUT2D eigenvalue weighted by atomic mass is 19.4. The number of nitrogens with zero attached hydrogens (tertiary/aromatic N) is 1. The summed E-state index contributed by atoms with van der Waals surface area (Å²) in [5, 5.41) is 11.6. The fourth-order valence-electron chi connectivity index (χ4n) is 1.80. The van der Waals surface area contributed by atoms with Crippen LogP contribution in [0.1, 0.15) is 21.6 Å². The maximum absolute atomic E-state index is 13.0. The van der Waals surface area contributed by atoms with Crippen LogP contribution in [0, 0.1) is 12.7 Å². The summed E-state index contributed by atoms with van der Waals surface area (Å²) in [6.45, 7) is 1.54. The molecule has 0 aliphatic rings. The molecule has 0 aliphatic heterocycles. The Hall–Kier alpha value is -2.64. The van der Waals surface area contributed by atoms with Crippen molar-refractivity contribution in [2.45, 2.75) is 13.1 Å². The van der Waals surface area contributed by atoms with Crippen molar-refractivity contribution in [3.63, 3.8) is 0 Å². The van der Waals surface area contributed by atoms with Crippen LogP contribution in [0.25, 0.3) is 0 Å². The van der Waals surface area contributed by atoms with E-state index in [0.717, 1.165) is 6.07 Å². The predicted molar refractivity (Wildman–Crippen MR) is 70.6 cm³/mol. The number of carbonyl (C=O) groups is 1. The minimum Gasteiger partial charge on any atom is -0.478 e. The van der Waals surface area contributed by atoms with Crippen LogP contribution in [0.2, 0.25) is 0 Å². The lowest BCUT2D eigenvalue weighted by atomic mass is 10.1. The zero-order valence-electron chi connectivity index (χ0n) is 11.2. The van der Waals surface area contributed by atoms with Crippen molar-refractivity contribution in [1.82, 2.24) is 4.98 Å². The quantitative estimate of drug-likeness (QED) is 0.841. The number of rotatable bonds is 3. The molecule has 0 bridgehead atoms. The van der Waals surface area contributed by atoms with Gasteiger partial charge in [-0.1, -0.05) is 0 Å². The highest BCUT2D eigenvalue weighted by Gasteiger charge is 2.33. The van der Waals surface area contributed by atoms with Crippen molar-refractivity contribution in [3.8, 4) is 0 Å². The number of carboxylic acids is 1. The van der Waals surface area contributed by atoms with Gasteiger partial charge in [-0.25, -0.2) is 9.18 Å². The fourth-order valence-corrected chi connectivity index (χ4v) is 1.80. The van der Waals surface area contributed by atoms with Crippen molar-refractivity contribution in [2.24, 2.45) is 0 Å². The van der Waals surface area contributed by atoms with E-state index in [1.165, 1.54) is 19.1 Å². The zero-order valence-corrected chi connectivity index (χ0v) is 11.2. The number of benzene rings is 1. The van der Waals surface area contributed by atoms with Gasteiger partial charge < -0.3 is 10.4 Å². The number of anilines is 2. The molecule has 0 fully saturated rings. The summed E-state index contributed by atoms with van der Waals surface area (Å²) in [6.07, 6.45) is -4.07. The maximum atomic E-state index is 13.0. The van der Waals surface area contributed by atoms with Crippen molar-refractivity contribution in [3.05, 3.63) is 53.1 Å². The smallest absolute Gasteiger partial charge is 0.433 e. The SMILES string of the molecule is Cc1cc(F)ccc1Nc1cc(C(F)(F)F)ncc1C(=O)O. The third kappa shape index (κ3) is 3.33. The van der Waals surface area contributed by atoms with Gasteiger partial charge in [0.1, 0.15) is 17.1 Å². The summed E-state index contributed by atoms with van der Waals surface area (Å²) in [5.41, 5.74) is -1.20. The number of alkyl halides is 3. The van der Waals surface area contributed by atoms with Crippen LogP contribution in [-0.2, 0) is 6.18 Å². The van der Waals surface area contributed by atoms with Gasteiger partial charge in [0, 0.05) is 11.9 Å². The van der Waals surface area contributed by atoms with E-state index in [-0.39, 0.29) is 5.69 Å². The van der Waals surface area contributed by atoms with Crippen LogP contribution in [0.3, 0.4) is 0 Å². The van der Waals surface area contributed by atoms with Crippen LogP contribution in [0.4, 0.5) is 28.9 Å². The van der Waals surface area contributed by atoms with Gasteiger partial charge in [-0.2, -0.15) is 13.2 Å². The van der Waals surface area contributed by atoms with Crippen molar-refractivity contribution >= 4 is 17.3 Å². The Balaban J connectivity index is 2.49. The molecule has 0 unspecified atom stereocenters. The molecule has 1 aromatic carbocycles. The number of hydrogen-bond acceptors (Lipinski definition) is 3. The third-order valence-corrected chi connectivity index (χ3v) is 2.88. The van der Waals surface area contributed by atoms with Crippen molar-refractivity contribution in [2.75, 3.05) is 5.32 Å². The Morgan fingerprint density at radius 2 is 1.91 bits per heavy atom. The van der Waals surface area contributed by atoms with Gasteiger partial charge in [0.2, 0.25) is 0 Å². The molecule has 2 N–H and O–H groups in total. The minimum atomic E-state index is -4.70. The first kappa shape index (κ1) is 15.7. The third-order valence-electron chi connectivity index (χ3n) is 2.88. The topological polar surface area (TPSA) is 62.2 Å². The average Bonchev–Trinajstić information content (AvgIpc) is 2.40. The van der Waals surface area contributed by atoms with Gasteiger partial charge in [0.15, 0.2) is 0 Å². The molecular weight excluding hydrogens is 304 g/mol. The molecule has 0 amide bonds. The van der Waals surface area contributed by atoms with Crippen LogP contribution in [0.5, 0.6) is 0 Å². The summed E-state index contributed by atoms with van der Waals surface area (Å²) >= 11 is 0. The van der Waals surface area contributed by atoms with E-state index in [1.54, 1.807) is 0 Å². The fraction of sp³-hybridized carbons (Fsp3) is 0.143. The molecule has 8 heteroatoms. The first-order valence-corrected chi connectivity index (χ1v) is 6.02. The van der Waals surface area contributed by atoms with E-state index in [9.17, 15) is 22.4 Å². The van der Waals surface area contributed by atoms with Gasteiger partial charge >= 0.3 is 12.1 Å². The molecule has 116 valence electrons. The molecule has 4 nitrogen and oxygen atoms in total. The summed E-state index contributed by atoms with van der Waals surface area (Å²) in [4.78, 5) is 14.2. The lowest BCUT2D eigenvalue weighted by Crippen LogP contribution is -2.12. The lowest BCUT2D eigenvalue weighted by molar-refractivity contribution is -0.141. The Labute approximate surface area is 122 Å². The molecule has 0 saturated heterocycles. The molecule has 0 radical (unpaired) electrons. The van der Waals surface area contributed by atoms with E-state index in [1.807, 2.05) is 0 Å². The lowest BCUT2D eigenvalue weighted by Gasteiger charge is -2.14. The van der Waals surface area contributed by atoms with E-state index in [2.05, 4.69) is 10.3 Å². The maximum Gasteiger partial charge on any atom is 0.433 e. The summed E-state index contributed by atoms with van der Waals surface area (Å²) in [7, 11) is 0. The highest BCUT2D eigenvalue weighted by molar-refractivity contribution is 5.95. The molecule has 2 aromatic rings. The standard InChI is InChI=1S/C14H10F4N2O2/c1-7-4-8(15)2-3-10(7)20-11-5-12(14(16,17)18)19-6-9(11)13(21)22/h2-6H,1H3,(H,19,20)(H,21,22). The van der Waals surface area contributed by atoms with Gasteiger partial charge in [-0.3, -0.25) is 4.98 Å². The summed E-state index contributed by atoms with van der Waals surface area (Å²) in [6, 6.07) is 4.20. The molecule has 0 aliphatic carbocycles. The molecule has 1 aromatic heterocycles. The molecule has 1 heterocycles. The zero-order chi connectivity index (χ0) is 16.5. The molecule has 0 saturated carbocycles. The number of pyridine rings is 1. The minimum absolute atomic E-state index is 0.274. The second kappa shape index (κ2) is 5.63. The largest absolute Gasteiger partial charge is 0.478 e. The second-order valence-electron chi connectivity index (χ2n) is 4.50. The number of carboxylic acid groups (broad SMARTS) is 1. The molecule has 22 heavy (non-hydrogen) atoms. The normalized spacial score (nSPS) is 11.3. The van der Waals surface area contributed by atoms with Gasteiger partial charge in [0.05, 0.1) is 5.69 Å². The molecular formula is C14H10F4N2O2. The number of nitrogens with one attached hydrogen (secondary N) is 1. The van der Waals surface area contributed by atoms with Crippen molar-refractivity contribution in [1.29, 1.82) is 0 Å². The number of aromatic carboxylic acids is 1. The van der Waals surface area contributed by atoms with Gasteiger partial charge in [0.25, 0.3) is 0 Å². The predicted octanol–water partition coefficient (Wildman–Crippen LogP) is 3.99. The molecule has 0 spiro atoms. The first-order valence-electron chi connectivity index (χ1n) is 6.02. The van der Waals surface area contributed by atoms with Crippen LogP contribution < -0.4 is 5.32 Å². The summed E-state index contributed by atoms with van der Waals surface area (Å²) < 4.78 is 51.1. The van der Waals surface area contributed by atoms with Crippen LogP contribution in [-0.4, -0.2) is 16.1 Å². The van der Waals surface area contributed by atoms with E-state index >= 15 is 0 Å². The monoisotopic (exact) mass is 314 g/mol. The van der Waals surface area contributed by atoms with Crippen LogP contribution in [0.15, 0.2) is 30.5 Å². The number of aryl methyl sites for hydroxylation is 1. The van der Waals surface area contributed by atoms with Gasteiger partial charge in [-0.05, 0) is 36.8 Å². The Morgan fingerprint density at radius 3 is 2.45 bits per heavy atom. The Bertz CT molecular complexity index is 729. The van der Waals surface area contributed by atoms with Crippen LogP contribution >= 0.6 is 0 Å². The van der Waals surface area contributed by atoms with Crippen molar-refractivity contribution < 1.29 is 27.5 Å². The Morgan fingerprint density at radius 1 is 1.23 bits per heavy atom. The summed E-state index contributed by atoms with van der Waals surface area (Å²) in [5.74, 6) is -1.93. The van der Waals surface area contributed by atoms with E-state index < -0.39 is 29.2 Å². The number of aromatic nitrogens is 1. The van der Waals surface area contributed by atoms with E-state index in [0.29, 0.717) is 23.5 Å². The van der Waals surface area contributed by atoms with E-state index in [4.69, 9.17) is 5.11 Å². The molecule has 2 rings (SSSR count).